The van der Waals surface area contributed by atoms with Gasteiger partial charge in [0.1, 0.15) is 0 Å². The molecule has 1 saturated carbocycles. The van der Waals surface area contributed by atoms with Gasteiger partial charge in [0.05, 0.1) is 0 Å². The number of aliphatic hydroxyl groups is 1. The number of hydrogen-bond donors (Lipinski definition) is 1. The van der Waals surface area contributed by atoms with Crippen molar-refractivity contribution in [1.82, 2.24) is 4.90 Å². The van der Waals surface area contributed by atoms with Crippen LogP contribution in [0.15, 0.2) is 11.4 Å². The summed E-state index contributed by atoms with van der Waals surface area (Å²) in [6.45, 7) is 4.06. The lowest BCUT2D eigenvalue weighted by atomic mass is 9.97. The summed E-state index contributed by atoms with van der Waals surface area (Å²) >= 11 is 1.79. The first-order chi connectivity index (χ1) is 9.20. The van der Waals surface area contributed by atoms with Crippen molar-refractivity contribution in [3.05, 3.63) is 21.9 Å². The maximum Gasteiger partial charge on any atom is 0.226 e. The van der Waals surface area contributed by atoms with E-state index in [0.717, 1.165) is 32.4 Å². The number of likely N-dealkylation sites (tertiary alicyclic amines) is 1. The number of piperidine rings is 1. The summed E-state index contributed by atoms with van der Waals surface area (Å²) in [5.41, 5.74) is 1.34. The van der Waals surface area contributed by atoms with Gasteiger partial charge in [-0.1, -0.05) is 0 Å². The lowest BCUT2D eigenvalue weighted by Gasteiger charge is -2.31. The van der Waals surface area contributed by atoms with Gasteiger partial charge in [-0.2, -0.15) is 0 Å². The standard InChI is InChI=1S/C15H21NO2S/c1-10-4-7-19-14(10)12-8-13(12)15(18)16-5-2-11(9-17)3-6-16/h4,7,11-13,17H,2-3,5-6,8-9H2,1H3. The molecule has 4 heteroatoms. The summed E-state index contributed by atoms with van der Waals surface area (Å²) in [4.78, 5) is 15.9. The second-order valence-electron chi connectivity index (χ2n) is 5.87. The van der Waals surface area contributed by atoms with Gasteiger partial charge in [-0.3, -0.25) is 4.79 Å². The van der Waals surface area contributed by atoms with Crippen molar-refractivity contribution >= 4 is 17.2 Å². The summed E-state index contributed by atoms with van der Waals surface area (Å²) in [6, 6.07) is 2.15. The third-order valence-electron chi connectivity index (χ3n) is 4.53. The number of carbonyl (C=O) groups excluding carboxylic acids is 1. The Kier molecular flexibility index (Phi) is 3.63. The van der Waals surface area contributed by atoms with Gasteiger partial charge in [-0.05, 0) is 49.1 Å². The van der Waals surface area contributed by atoms with Crippen LogP contribution >= 0.6 is 11.3 Å². The molecule has 1 saturated heterocycles. The van der Waals surface area contributed by atoms with Gasteiger partial charge in [0.2, 0.25) is 5.91 Å². The molecular formula is C15H21NO2S. The number of aliphatic hydroxyl groups excluding tert-OH is 1. The number of rotatable bonds is 3. The average molecular weight is 279 g/mol. The van der Waals surface area contributed by atoms with E-state index < -0.39 is 0 Å². The highest BCUT2D eigenvalue weighted by Crippen LogP contribution is 2.51. The molecule has 2 unspecified atom stereocenters. The van der Waals surface area contributed by atoms with Crippen LogP contribution in [0.4, 0.5) is 0 Å². The van der Waals surface area contributed by atoms with Crippen LogP contribution in [0.3, 0.4) is 0 Å². The molecule has 0 aromatic carbocycles. The van der Waals surface area contributed by atoms with E-state index in [4.69, 9.17) is 5.11 Å². The van der Waals surface area contributed by atoms with Gasteiger partial charge in [-0.15, -0.1) is 11.3 Å². The third-order valence-corrected chi connectivity index (χ3v) is 5.68. The quantitative estimate of drug-likeness (QED) is 0.923. The van der Waals surface area contributed by atoms with Gasteiger partial charge in [0.25, 0.3) is 0 Å². The number of aryl methyl sites for hydroxylation is 1. The molecule has 19 heavy (non-hydrogen) atoms. The molecule has 1 amide bonds. The summed E-state index contributed by atoms with van der Waals surface area (Å²) in [5.74, 6) is 1.44. The Morgan fingerprint density at radius 3 is 2.79 bits per heavy atom. The predicted octanol–water partition coefficient (Wildman–Crippen LogP) is 2.39. The van der Waals surface area contributed by atoms with Crippen LogP contribution in [0.2, 0.25) is 0 Å². The zero-order chi connectivity index (χ0) is 13.4. The van der Waals surface area contributed by atoms with Gasteiger partial charge in [0, 0.05) is 36.4 Å². The Morgan fingerprint density at radius 2 is 2.21 bits per heavy atom. The fraction of sp³-hybridized carbons (Fsp3) is 0.667. The van der Waals surface area contributed by atoms with Crippen molar-refractivity contribution in [1.29, 1.82) is 0 Å². The Morgan fingerprint density at radius 1 is 1.47 bits per heavy atom. The fourth-order valence-corrected chi connectivity index (χ4v) is 4.20. The SMILES string of the molecule is Cc1ccsc1C1CC1C(=O)N1CCC(CO)CC1. The Bertz CT molecular complexity index is 462. The number of nitrogens with zero attached hydrogens (tertiary/aromatic N) is 1. The average Bonchev–Trinajstić information content (AvgIpc) is 3.13. The second-order valence-corrected chi connectivity index (χ2v) is 6.82. The van der Waals surface area contributed by atoms with Crippen molar-refractivity contribution in [3.8, 4) is 0 Å². The van der Waals surface area contributed by atoms with E-state index in [1.54, 1.807) is 11.3 Å². The minimum atomic E-state index is 0.225. The Labute approximate surface area is 118 Å². The molecule has 2 fully saturated rings. The third kappa shape index (κ3) is 2.56. The molecule has 0 spiro atoms. The van der Waals surface area contributed by atoms with E-state index in [0.29, 0.717) is 17.7 Å². The number of hydrogen-bond acceptors (Lipinski definition) is 3. The minimum Gasteiger partial charge on any atom is -0.396 e. The van der Waals surface area contributed by atoms with Crippen molar-refractivity contribution in [3.63, 3.8) is 0 Å². The highest BCUT2D eigenvalue weighted by molar-refractivity contribution is 7.10. The van der Waals surface area contributed by atoms with Crippen molar-refractivity contribution < 1.29 is 9.90 Å². The first-order valence-electron chi connectivity index (χ1n) is 7.14. The normalized spacial score (nSPS) is 27.6. The van der Waals surface area contributed by atoms with Crippen LogP contribution in [-0.4, -0.2) is 35.6 Å². The van der Waals surface area contributed by atoms with Crippen molar-refractivity contribution in [2.24, 2.45) is 11.8 Å². The van der Waals surface area contributed by atoms with Crippen LogP contribution in [0.25, 0.3) is 0 Å². The first kappa shape index (κ1) is 13.1. The summed E-state index contributed by atoms with van der Waals surface area (Å²) in [5, 5.41) is 11.3. The Balaban J connectivity index is 1.57. The molecule has 1 aromatic heterocycles. The van der Waals surface area contributed by atoms with Crippen LogP contribution in [-0.2, 0) is 4.79 Å². The summed E-state index contributed by atoms with van der Waals surface area (Å²) in [6.07, 6.45) is 2.94. The van der Waals surface area contributed by atoms with E-state index in [-0.39, 0.29) is 12.5 Å². The molecule has 1 N–H and O–H groups in total. The van der Waals surface area contributed by atoms with E-state index in [1.807, 2.05) is 4.90 Å². The van der Waals surface area contributed by atoms with Crippen LogP contribution in [0.1, 0.15) is 35.6 Å². The fourth-order valence-electron chi connectivity index (χ4n) is 3.09. The molecule has 0 radical (unpaired) electrons. The number of thiophene rings is 1. The molecule has 104 valence electrons. The molecule has 3 nitrogen and oxygen atoms in total. The Hall–Kier alpha value is -0.870. The van der Waals surface area contributed by atoms with Crippen molar-refractivity contribution in [2.75, 3.05) is 19.7 Å². The highest BCUT2D eigenvalue weighted by Gasteiger charge is 2.47. The predicted molar refractivity (Wildman–Crippen MR) is 76.3 cm³/mol. The molecule has 1 aromatic rings. The highest BCUT2D eigenvalue weighted by atomic mass is 32.1. The van der Waals surface area contributed by atoms with Gasteiger partial charge < -0.3 is 10.0 Å². The first-order valence-corrected chi connectivity index (χ1v) is 8.02. The van der Waals surface area contributed by atoms with Gasteiger partial charge >= 0.3 is 0 Å². The van der Waals surface area contributed by atoms with Crippen LogP contribution in [0, 0.1) is 18.8 Å². The topological polar surface area (TPSA) is 40.5 Å². The molecule has 2 aliphatic rings. The zero-order valence-electron chi connectivity index (χ0n) is 11.3. The number of carbonyl (C=O) groups is 1. The molecule has 3 rings (SSSR count). The maximum absolute atomic E-state index is 12.4. The molecule has 0 bridgehead atoms. The van der Waals surface area contributed by atoms with Crippen LogP contribution in [0.5, 0.6) is 0 Å². The summed E-state index contributed by atoms with van der Waals surface area (Å²) < 4.78 is 0. The van der Waals surface area contributed by atoms with E-state index >= 15 is 0 Å². The lowest BCUT2D eigenvalue weighted by Crippen LogP contribution is -2.40. The van der Waals surface area contributed by atoms with E-state index in [1.165, 1.54) is 10.4 Å². The van der Waals surface area contributed by atoms with E-state index in [9.17, 15) is 4.79 Å². The van der Waals surface area contributed by atoms with Gasteiger partial charge in [-0.25, -0.2) is 0 Å². The molecule has 2 heterocycles. The van der Waals surface area contributed by atoms with Gasteiger partial charge in [0.15, 0.2) is 0 Å². The molecule has 1 aliphatic heterocycles. The largest absolute Gasteiger partial charge is 0.396 e. The van der Waals surface area contributed by atoms with Crippen LogP contribution < -0.4 is 0 Å². The number of amides is 1. The molecule has 2 atom stereocenters. The zero-order valence-corrected chi connectivity index (χ0v) is 12.2. The van der Waals surface area contributed by atoms with Crippen molar-refractivity contribution in [2.45, 2.75) is 32.1 Å². The maximum atomic E-state index is 12.4. The molecular weight excluding hydrogens is 258 g/mol. The van der Waals surface area contributed by atoms with E-state index in [2.05, 4.69) is 18.4 Å². The monoisotopic (exact) mass is 279 g/mol. The smallest absolute Gasteiger partial charge is 0.226 e. The summed E-state index contributed by atoms with van der Waals surface area (Å²) in [7, 11) is 0. The lowest BCUT2D eigenvalue weighted by molar-refractivity contribution is -0.134. The minimum absolute atomic E-state index is 0.225. The second kappa shape index (κ2) is 5.25. The molecule has 1 aliphatic carbocycles.